The molecule has 0 fully saturated rings. The molecule has 1 heterocycles. The Morgan fingerprint density at radius 3 is 1.41 bits per heavy atom. The van der Waals surface area contributed by atoms with Gasteiger partial charge in [-0.25, -0.2) is 15.0 Å². The molecular formula is C58H39N3. The standard InChI is InChI=1S/C58H39N3/c1-4-18-38(19-5-1)42-34-43(39-20-6-2-7-21-39)36-44(35-42)57-60-55(40-22-8-3-9-23-40)59-56(61-57)41-32-33-54-50(37-41)49-28-14-17-31-53(49)58(54)51-29-15-12-26-47(51)45-24-10-11-25-46(45)48-27-13-16-30-52(48)58/h1-12,14-26,28-37H,13,27H2. The van der Waals surface area contributed by atoms with Gasteiger partial charge in [-0.15, -0.1) is 0 Å². The number of allylic oxidation sites excluding steroid dienone is 4. The second-order valence-electron chi connectivity index (χ2n) is 16.2. The van der Waals surface area contributed by atoms with Gasteiger partial charge in [0.05, 0.1) is 5.41 Å². The highest BCUT2D eigenvalue weighted by Crippen LogP contribution is 2.62. The number of rotatable bonds is 5. The summed E-state index contributed by atoms with van der Waals surface area (Å²) in [5.41, 5.74) is 19.9. The van der Waals surface area contributed by atoms with Crippen molar-refractivity contribution in [2.75, 3.05) is 0 Å². The molecule has 286 valence electrons. The SMILES string of the molecule is C1=CC2=C(CC1)c1ccccc1-c1ccccc1C21c2ccccc2-c2cc(-c3nc(-c4ccccc4)nc(-c4cc(-c5ccccc5)cc(-c5ccccc5)c4)n3)ccc21. The van der Waals surface area contributed by atoms with Crippen molar-refractivity contribution < 1.29 is 0 Å². The number of hydrogen-bond acceptors (Lipinski definition) is 3. The minimum absolute atomic E-state index is 0.502. The van der Waals surface area contributed by atoms with Gasteiger partial charge < -0.3 is 0 Å². The number of fused-ring (bicyclic) bond motifs is 11. The molecule has 0 aliphatic heterocycles. The summed E-state index contributed by atoms with van der Waals surface area (Å²) in [4.78, 5) is 15.8. The summed E-state index contributed by atoms with van der Waals surface area (Å²) in [5.74, 6) is 1.92. The zero-order valence-corrected chi connectivity index (χ0v) is 33.5. The lowest BCUT2D eigenvalue weighted by atomic mass is 9.64. The molecule has 3 aliphatic carbocycles. The van der Waals surface area contributed by atoms with Crippen molar-refractivity contribution in [1.82, 2.24) is 15.0 Å². The van der Waals surface area contributed by atoms with E-state index in [4.69, 9.17) is 15.0 Å². The van der Waals surface area contributed by atoms with E-state index in [1.165, 1.54) is 55.7 Å². The summed E-state index contributed by atoms with van der Waals surface area (Å²) in [5, 5.41) is 0. The molecule has 61 heavy (non-hydrogen) atoms. The molecular weight excluding hydrogens is 739 g/mol. The Bertz CT molecular complexity index is 3180. The average Bonchev–Trinajstić information content (AvgIpc) is 3.58. The second kappa shape index (κ2) is 14.2. The van der Waals surface area contributed by atoms with Crippen LogP contribution in [0.1, 0.15) is 35.1 Å². The van der Waals surface area contributed by atoms with E-state index in [0.29, 0.717) is 17.5 Å². The summed E-state index contributed by atoms with van der Waals surface area (Å²) >= 11 is 0. The van der Waals surface area contributed by atoms with E-state index in [1.54, 1.807) is 0 Å². The van der Waals surface area contributed by atoms with E-state index >= 15 is 0 Å². The first-order chi connectivity index (χ1) is 30.2. The monoisotopic (exact) mass is 777 g/mol. The highest BCUT2D eigenvalue weighted by molar-refractivity contribution is 5.98. The fourth-order valence-electron chi connectivity index (χ4n) is 10.2. The molecule has 12 rings (SSSR count). The fraction of sp³-hybridized carbons (Fsp3) is 0.0517. The highest BCUT2D eigenvalue weighted by atomic mass is 15.0. The van der Waals surface area contributed by atoms with Gasteiger partial charge in [-0.05, 0) is 115 Å². The van der Waals surface area contributed by atoms with Gasteiger partial charge in [-0.3, -0.25) is 0 Å². The smallest absolute Gasteiger partial charge is 0.164 e. The van der Waals surface area contributed by atoms with Gasteiger partial charge in [0, 0.05) is 16.7 Å². The van der Waals surface area contributed by atoms with Crippen molar-refractivity contribution in [2.24, 2.45) is 0 Å². The van der Waals surface area contributed by atoms with E-state index in [9.17, 15) is 0 Å². The Morgan fingerprint density at radius 2 is 0.787 bits per heavy atom. The molecule has 0 amide bonds. The molecule has 8 aromatic carbocycles. The minimum atomic E-state index is -0.502. The van der Waals surface area contributed by atoms with Crippen LogP contribution in [0.25, 0.3) is 84.2 Å². The maximum atomic E-state index is 5.36. The summed E-state index contributed by atoms with van der Waals surface area (Å²) in [6.07, 6.45) is 6.83. The molecule has 0 bridgehead atoms. The van der Waals surface area contributed by atoms with E-state index in [2.05, 4.69) is 194 Å². The van der Waals surface area contributed by atoms with Gasteiger partial charge in [-0.2, -0.15) is 0 Å². The van der Waals surface area contributed by atoms with Crippen molar-refractivity contribution in [1.29, 1.82) is 0 Å². The molecule has 0 radical (unpaired) electrons. The third-order valence-electron chi connectivity index (χ3n) is 12.8. The average molecular weight is 778 g/mol. The summed E-state index contributed by atoms with van der Waals surface area (Å²) in [7, 11) is 0. The Hall–Kier alpha value is -7.75. The maximum absolute atomic E-state index is 5.36. The van der Waals surface area contributed by atoms with Crippen LogP contribution in [0, 0.1) is 0 Å². The normalized spacial score (nSPS) is 15.7. The van der Waals surface area contributed by atoms with Crippen LogP contribution in [0.3, 0.4) is 0 Å². The van der Waals surface area contributed by atoms with Crippen LogP contribution >= 0.6 is 0 Å². The van der Waals surface area contributed by atoms with E-state index in [1.807, 2.05) is 18.2 Å². The summed E-state index contributed by atoms with van der Waals surface area (Å²) < 4.78 is 0. The molecule has 1 unspecified atom stereocenters. The van der Waals surface area contributed by atoms with E-state index in [-0.39, 0.29) is 0 Å². The number of aromatic nitrogens is 3. The minimum Gasteiger partial charge on any atom is -0.208 e. The first-order valence-electron chi connectivity index (χ1n) is 21.2. The van der Waals surface area contributed by atoms with Crippen LogP contribution in [-0.4, -0.2) is 15.0 Å². The Labute approximate surface area is 356 Å². The number of nitrogens with zero attached hydrogens (tertiary/aromatic N) is 3. The Balaban J connectivity index is 1.09. The molecule has 0 N–H and O–H groups in total. The quantitative estimate of drug-likeness (QED) is 0.175. The molecule has 1 atom stereocenters. The van der Waals surface area contributed by atoms with Crippen LogP contribution in [-0.2, 0) is 5.41 Å². The third kappa shape index (κ3) is 5.62. The first kappa shape index (κ1) is 35.2. The van der Waals surface area contributed by atoms with Crippen LogP contribution < -0.4 is 0 Å². The first-order valence-corrected chi connectivity index (χ1v) is 21.2. The predicted octanol–water partition coefficient (Wildman–Crippen LogP) is 14.3. The second-order valence-corrected chi connectivity index (χ2v) is 16.2. The van der Waals surface area contributed by atoms with Crippen molar-refractivity contribution in [3.8, 4) is 78.7 Å². The largest absolute Gasteiger partial charge is 0.208 e. The van der Waals surface area contributed by atoms with Crippen LogP contribution in [0.2, 0.25) is 0 Å². The van der Waals surface area contributed by atoms with Crippen LogP contribution in [0.15, 0.2) is 218 Å². The van der Waals surface area contributed by atoms with Crippen LogP contribution in [0.4, 0.5) is 0 Å². The lowest BCUT2D eigenvalue weighted by Crippen LogP contribution is -2.30. The molecule has 1 aromatic heterocycles. The molecule has 3 heteroatoms. The van der Waals surface area contributed by atoms with Gasteiger partial charge in [0.25, 0.3) is 0 Å². The summed E-state index contributed by atoms with van der Waals surface area (Å²) in [6.45, 7) is 0. The highest BCUT2D eigenvalue weighted by Gasteiger charge is 2.50. The molecule has 9 aromatic rings. The molecule has 1 spiro atoms. The summed E-state index contributed by atoms with van der Waals surface area (Å²) in [6, 6.07) is 72.1. The van der Waals surface area contributed by atoms with Crippen molar-refractivity contribution in [3.05, 3.63) is 240 Å². The van der Waals surface area contributed by atoms with E-state index < -0.39 is 5.41 Å². The fourth-order valence-corrected chi connectivity index (χ4v) is 10.2. The topological polar surface area (TPSA) is 38.7 Å². The predicted molar refractivity (Wildman–Crippen MR) is 249 cm³/mol. The van der Waals surface area contributed by atoms with Crippen molar-refractivity contribution >= 4 is 5.57 Å². The van der Waals surface area contributed by atoms with Gasteiger partial charge in [0.15, 0.2) is 17.5 Å². The Morgan fingerprint density at radius 1 is 0.328 bits per heavy atom. The van der Waals surface area contributed by atoms with Crippen molar-refractivity contribution in [2.45, 2.75) is 18.3 Å². The zero-order valence-electron chi connectivity index (χ0n) is 33.5. The van der Waals surface area contributed by atoms with Gasteiger partial charge in [0.2, 0.25) is 0 Å². The van der Waals surface area contributed by atoms with Crippen LogP contribution in [0.5, 0.6) is 0 Å². The molecule has 3 nitrogen and oxygen atoms in total. The van der Waals surface area contributed by atoms with E-state index in [0.717, 1.165) is 51.8 Å². The molecule has 0 saturated carbocycles. The van der Waals surface area contributed by atoms with Gasteiger partial charge in [0.1, 0.15) is 0 Å². The molecule has 0 saturated heterocycles. The number of hydrogen-bond donors (Lipinski definition) is 0. The maximum Gasteiger partial charge on any atom is 0.164 e. The lowest BCUT2D eigenvalue weighted by molar-refractivity contribution is 0.763. The zero-order chi connectivity index (χ0) is 40.3. The molecule has 3 aliphatic rings. The van der Waals surface area contributed by atoms with Gasteiger partial charge >= 0.3 is 0 Å². The third-order valence-corrected chi connectivity index (χ3v) is 12.8. The van der Waals surface area contributed by atoms with Gasteiger partial charge in [-0.1, -0.05) is 188 Å². The number of benzene rings is 8. The lowest BCUT2D eigenvalue weighted by Gasteiger charge is -2.37. The Kier molecular flexibility index (Phi) is 8.21. The van der Waals surface area contributed by atoms with Crippen molar-refractivity contribution in [3.63, 3.8) is 0 Å².